The molecule has 1 N–H and O–H groups in total. The molecule has 0 amide bonds. The molecule has 0 spiro atoms. The van der Waals surface area contributed by atoms with E-state index in [0.717, 1.165) is 43.6 Å². The number of aromatic nitrogens is 3. The van der Waals surface area contributed by atoms with Crippen molar-refractivity contribution in [1.29, 1.82) is 0 Å². The van der Waals surface area contributed by atoms with Gasteiger partial charge in [0.2, 0.25) is 0 Å². The molecule has 3 rings (SSSR count). The van der Waals surface area contributed by atoms with E-state index in [0.29, 0.717) is 12.5 Å². The molecule has 7 nitrogen and oxygen atoms in total. The maximum absolute atomic E-state index is 5.26. The molecule has 0 aliphatic carbocycles. The average molecular weight is 328 g/mol. The first kappa shape index (κ1) is 16.4. The maximum Gasteiger partial charge on any atom is 0.194 e. The Morgan fingerprint density at radius 2 is 2.21 bits per heavy atom. The van der Waals surface area contributed by atoms with E-state index in [1.54, 1.807) is 13.4 Å². The van der Waals surface area contributed by atoms with Crippen molar-refractivity contribution in [2.45, 2.75) is 13.0 Å². The van der Waals surface area contributed by atoms with Gasteiger partial charge in [0.15, 0.2) is 11.8 Å². The molecule has 2 heterocycles. The summed E-state index contributed by atoms with van der Waals surface area (Å²) in [7, 11) is 3.57. The van der Waals surface area contributed by atoms with E-state index in [-0.39, 0.29) is 0 Å². The fourth-order valence-electron chi connectivity index (χ4n) is 3.07. The molecule has 1 fully saturated rings. The Hall–Kier alpha value is -2.41. The van der Waals surface area contributed by atoms with Gasteiger partial charge in [-0.15, -0.1) is 10.2 Å². The van der Waals surface area contributed by atoms with Crippen molar-refractivity contribution < 1.29 is 4.74 Å². The van der Waals surface area contributed by atoms with Crippen LogP contribution in [0.25, 0.3) is 5.69 Å². The number of aliphatic imine (C=N–C) groups is 1. The molecule has 1 aromatic carbocycles. The summed E-state index contributed by atoms with van der Waals surface area (Å²) in [6, 6.07) is 10.1. The van der Waals surface area contributed by atoms with Gasteiger partial charge in [-0.1, -0.05) is 18.2 Å². The molecule has 1 aliphatic heterocycles. The molecular formula is C17H24N6O. The molecule has 1 saturated heterocycles. The van der Waals surface area contributed by atoms with Crippen LogP contribution in [0.3, 0.4) is 0 Å². The molecule has 128 valence electrons. The monoisotopic (exact) mass is 328 g/mol. The molecule has 1 aromatic heterocycles. The van der Waals surface area contributed by atoms with E-state index in [1.807, 2.05) is 41.9 Å². The number of benzene rings is 1. The van der Waals surface area contributed by atoms with Crippen LogP contribution in [-0.2, 0) is 11.3 Å². The Morgan fingerprint density at radius 1 is 1.38 bits per heavy atom. The molecule has 0 radical (unpaired) electrons. The largest absolute Gasteiger partial charge is 0.384 e. The normalized spacial score (nSPS) is 18.2. The number of nitrogens with zero attached hydrogens (tertiary/aromatic N) is 5. The zero-order chi connectivity index (χ0) is 16.8. The minimum absolute atomic E-state index is 0.571. The summed E-state index contributed by atoms with van der Waals surface area (Å²) in [5, 5.41) is 11.7. The van der Waals surface area contributed by atoms with Gasteiger partial charge in [-0.25, -0.2) is 0 Å². The van der Waals surface area contributed by atoms with Crippen LogP contribution in [0, 0.1) is 5.92 Å². The van der Waals surface area contributed by atoms with E-state index in [1.165, 1.54) is 0 Å². The molecule has 1 atom stereocenters. The number of hydrogen-bond donors (Lipinski definition) is 1. The van der Waals surface area contributed by atoms with E-state index < -0.39 is 0 Å². The van der Waals surface area contributed by atoms with Crippen molar-refractivity contribution >= 4 is 5.96 Å². The van der Waals surface area contributed by atoms with Crippen molar-refractivity contribution in [3.05, 3.63) is 42.5 Å². The lowest BCUT2D eigenvalue weighted by atomic mass is 10.1. The second-order valence-electron chi connectivity index (χ2n) is 5.91. The smallest absolute Gasteiger partial charge is 0.194 e. The fraction of sp³-hybridized carbons (Fsp3) is 0.471. The number of ether oxygens (including phenoxy) is 1. The van der Waals surface area contributed by atoms with Crippen LogP contribution in [-0.4, -0.2) is 59.5 Å². The summed E-state index contributed by atoms with van der Waals surface area (Å²) in [4.78, 5) is 6.67. The average Bonchev–Trinajstić information content (AvgIpc) is 3.26. The molecule has 1 unspecified atom stereocenters. The Morgan fingerprint density at radius 3 is 2.96 bits per heavy atom. The quantitative estimate of drug-likeness (QED) is 0.662. The van der Waals surface area contributed by atoms with E-state index in [9.17, 15) is 0 Å². The van der Waals surface area contributed by atoms with Gasteiger partial charge >= 0.3 is 0 Å². The van der Waals surface area contributed by atoms with Gasteiger partial charge in [0.25, 0.3) is 0 Å². The molecule has 2 aromatic rings. The SMILES string of the molecule is CN=C(NCc1nncn1-c1ccccc1)N1CCC(COC)C1. The van der Waals surface area contributed by atoms with Crippen LogP contribution in [0.1, 0.15) is 12.2 Å². The van der Waals surface area contributed by atoms with Gasteiger partial charge in [-0.2, -0.15) is 0 Å². The van der Waals surface area contributed by atoms with Crippen LogP contribution in [0.5, 0.6) is 0 Å². The molecule has 7 heteroatoms. The molecule has 1 aliphatic rings. The lowest BCUT2D eigenvalue weighted by molar-refractivity contribution is 0.157. The summed E-state index contributed by atoms with van der Waals surface area (Å²) in [5.41, 5.74) is 1.05. The van der Waals surface area contributed by atoms with Gasteiger partial charge in [-0.05, 0) is 18.6 Å². The maximum atomic E-state index is 5.26. The Bertz CT molecular complexity index is 669. The molecule has 0 saturated carbocycles. The lowest BCUT2D eigenvalue weighted by Crippen LogP contribution is -2.40. The number of methoxy groups -OCH3 is 1. The highest BCUT2D eigenvalue weighted by Gasteiger charge is 2.24. The zero-order valence-corrected chi connectivity index (χ0v) is 14.2. The summed E-state index contributed by atoms with van der Waals surface area (Å²) in [6.07, 6.45) is 2.87. The predicted octanol–water partition coefficient (Wildman–Crippen LogP) is 1.31. The summed E-state index contributed by atoms with van der Waals surface area (Å²) < 4.78 is 7.25. The van der Waals surface area contributed by atoms with Crippen molar-refractivity contribution in [3.8, 4) is 5.69 Å². The van der Waals surface area contributed by atoms with E-state index in [4.69, 9.17) is 4.74 Å². The predicted molar refractivity (Wildman–Crippen MR) is 93.1 cm³/mol. The van der Waals surface area contributed by atoms with Gasteiger partial charge < -0.3 is 15.0 Å². The van der Waals surface area contributed by atoms with Gasteiger partial charge in [-0.3, -0.25) is 9.56 Å². The number of nitrogens with one attached hydrogen (secondary N) is 1. The van der Waals surface area contributed by atoms with Crippen LogP contribution in [0.15, 0.2) is 41.7 Å². The first-order valence-electron chi connectivity index (χ1n) is 8.20. The van der Waals surface area contributed by atoms with Crippen molar-refractivity contribution in [2.75, 3.05) is 33.9 Å². The number of guanidine groups is 1. The third-order valence-corrected chi connectivity index (χ3v) is 4.26. The van der Waals surface area contributed by atoms with Crippen LogP contribution >= 0.6 is 0 Å². The Balaban J connectivity index is 1.62. The first-order valence-corrected chi connectivity index (χ1v) is 8.20. The number of para-hydroxylation sites is 1. The minimum atomic E-state index is 0.571. The van der Waals surface area contributed by atoms with Crippen molar-refractivity contribution in [3.63, 3.8) is 0 Å². The van der Waals surface area contributed by atoms with Crippen LogP contribution in [0.2, 0.25) is 0 Å². The fourth-order valence-corrected chi connectivity index (χ4v) is 3.07. The van der Waals surface area contributed by atoms with Gasteiger partial charge in [0.05, 0.1) is 13.2 Å². The summed E-state index contributed by atoms with van der Waals surface area (Å²) in [6.45, 7) is 3.35. The van der Waals surface area contributed by atoms with E-state index >= 15 is 0 Å². The Kier molecular flexibility index (Phi) is 5.43. The topological polar surface area (TPSA) is 67.6 Å². The Labute approximate surface area is 142 Å². The highest BCUT2D eigenvalue weighted by Crippen LogP contribution is 2.16. The summed E-state index contributed by atoms with van der Waals surface area (Å²) >= 11 is 0. The first-order chi connectivity index (χ1) is 11.8. The minimum Gasteiger partial charge on any atom is -0.384 e. The third-order valence-electron chi connectivity index (χ3n) is 4.26. The molecule has 24 heavy (non-hydrogen) atoms. The number of hydrogen-bond acceptors (Lipinski definition) is 4. The second kappa shape index (κ2) is 7.92. The van der Waals surface area contributed by atoms with Crippen molar-refractivity contribution in [2.24, 2.45) is 10.9 Å². The standard InChI is InChI=1S/C17H24N6O/c1-18-17(22-9-8-14(11-22)12-24-2)19-10-16-21-20-13-23(16)15-6-4-3-5-7-15/h3-7,13-14H,8-12H2,1-2H3,(H,18,19). The summed E-state index contributed by atoms with van der Waals surface area (Å²) in [5.74, 6) is 2.33. The molecular weight excluding hydrogens is 304 g/mol. The third kappa shape index (κ3) is 3.73. The van der Waals surface area contributed by atoms with Gasteiger partial charge in [0, 0.05) is 38.9 Å². The van der Waals surface area contributed by atoms with Gasteiger partial charge in [0.1, 0.15) is 6.33 Å². The number of likely N-dealkylation sites (tertiary alicyclic amines) is 1. The molecule has 0 bridgehead atoms. The van der Waals surface area contributed by atoms with Crippen molar-refractivity contribution in [1.82, 2.24) is 25.0 Å². The van der Waals surface area contributed by atoms with Crippen LogP contribution in [0.4, 0.5) is 0 Å². The second-order valence-corrected chi connectivity index (χ2v) is 5.91. The van der Waals surface area contributed by atoms with E-state index in [2.05, 4.69) is 25.4 Å². The zero-order valence-electron chi connectivity index (χ0n) is 14.2. The highest BCUT2D eigenvalue weighted by molar-refractivity contribution is 5.80. The van der Waals surface area contributed by atoms with Crippen LogP contribution < -0.4 is 5.32 Å². The highest BCUT2D eigenvalue weighted by atomic mass is 16.5. The lowest BCUT2D eigenvalue weighted by Gasteiger charge is -2.21. The number of rotatable bonds is 5.